The van der Waals surface area contributed by atoms with E-state index in [4.69, 9.17) is 10.2 Å². The Balaban J connectivity index is 0. The largest absolute Gasteiger partial charge is 0.539 e. The van der Waals surface area contributed by atoms with Crippen LogP contribution in [-0.2, 0) is 0 Å². The van der Waals surface area contributed by atoms with Gasteiger partial charge in [0.25, 0.3) is 0 Å². The fourth-order valence-electron chi connectivity index (χ4n) is 0. The van der Waals surface area contributed by atoms with Crippen LogP contribution in [0.3, 0.4) is 0 Å². The Morgan fingerprint density at radius 2 is 1.25 bits per heavy atom. The van der Waals surface area contributed by atoms with Crippen molar-refractivity contribution in [3.05, 3.63) is 6.79 Å². The third kappa shape index (κ3) is 41.3. The van der Waals surface area contributed by atoms with Gasteiger partial charge in [0, 0.05) is 14.3 Å². The molecular weight excluding hydrogens is 287 g/mol. The average molecular weight is 290 g/mol. The minimum Gasteiger partial charge on any atom is -0.539 e. The molecule has 0 saturated heterocycles. The van der Waals surface area contributed by atoms with Crippen LogP contribution in [-0.4, -0.2) is 10.2 Å². The molecule has 0 saturated carbocycles. The maximum Gasteiger partial charge on any atom is 0 e. The Labute approximate surface area is 32.3 Å². The van der Waals surface area contributed by atoms with Crippen LogP contribution in [0.4, 0.5) is 0 Å². The molecule has 0 heterocycles. The molecule has 0 unspecified atom stereocenters. The van der Waals surface area contributed by atoms with Crippen molar-refractivity contribution in [1.29, 1.82) is 0 Å². The van der Waals surface area contributed by atoms with Gasteiger partial charge in [-0.1, -0.05) is 0 Å². The van der Waals surface area contributed by atoms with E-state index in [0.29, 0.717) is 0 Å². The summed E-state index contributed by atoms with van der Waals surface area (Å²) in [6.45, 7) is 0. The summed E-state index contributed by atoms with van der Waals surface area (Å²) in [4.78, 5) is 0. The summed E-state index contributed by atoms with van der Waals surface area (Å²) in [7, 11) is 0. The van der Waals surface area contributed by atoms with Gasteiger partial charge in [-0.15, -0.1) is 6.79 Å². The molecule has 0 aliphatic rings. The van der Waals surface area contributed by atoms with E-state index in [9.17, 15) is 0 Å². The molecule has 4 heavy (non-hydrogen) atoms. The predicted molar refractivity (Wildman–Crippen MR) is 8.17 cm³/mol. The van der Waals surface area contributed by atoms with Crippen molar-refractivity contribution in [3.8, 4) is 0 Å². The number of aliphatic hydroxyl groups is 2. The van der Waals surface area contributed by atoms with Gasteiger partial charge in [-0.05, 0) is 0 Å². The van der Waals surface area contributed by atoms with Crippen LogP contribution in [0.1, 0.15) is 0 Å². The first-order valence-corrected chi connectivity index (χ1v) is 0.516. The van der Waals surface area contributed by atoms with Crippen molar-refractivity contribution in [3.63, 3.8) is 0 Å². The van der Waals surface area contributed by atoms with E-state index in [-0.39, 0.29) is 21.1 Å². The zero-order valence-electron chi connectivity index (χ0n) is 1.85. The van der Waals surface area contributed by atoms with Gasteiger partial charge in [-0.2, -0.15) is 0 Å². The number of hydrogen-bond donors (Lipinski definition) is 2. The van der Waals surface area contributed by atoms with E-state index < -0.39 is 0 Å². The SMILES string of the molecule is O[CH-]O.[Am]. The van der Waals surface area contributed by atoms with E-state index >= 15 is 0 Å². The smallest absolute Gasteiger partial charge is 0 e. The van der Waals surface area contributed by atoms with Crippen LogP contribution < -0.4 is 0 Å². The molecule has 2 N–H and O–H groups in total. The molecule has 0 aliphatic heterocycles. The molecule has 0 aromatic rings. The van der Waals surface area contributed by atoms with Gasteiger partial charge in [-0.3, -0.25) is 0 Å². The van der Waals surface area contributed by atoms with Crippen LogP contribution in [0.5, 0.6) is 0 Å². The zero-order valence-corrected chi connectivity index (χ0v) is 5.00. The third-order valence-corrected chi connectivity index (χ3v) is 0. The Morgan fingerprint density at radius 1 is 1.25 bits per heavy atom. The molecule has 0 rings (SSSR count). The van der Waals surface area contributed by atoms with Gasteiger partial charge in [0.2, 0.25) is 0 Å². The molecule has 0 aliphatic carbocycles. The van der Waals surface area contributed by atoms with Crippen molar-refractivity contribution in [2.75, 3.05) is 0 Å². The first-order chi connectivity index (χ1) is 1.41. The van der Waals surface area contributed by atoms with Crippen LogP contribution in [0, 0.1) is 21.1 Å². The predicted octanol–water partition coefficient (Wildman–Crippen LogP) is -0.149. The summed E-state index contributed by atoms with van der Waals surface area (Å²) in [5, 5.41) is 14.0. The standard InChI is InChI=1S/CH3O2.Am/c2-1-3;/h1-3H;/q-1;. The minimum atomic E-state index is 0. The fourth-order valence-corrected chi connectivity index (χ4v) is 0. The van der Waals surface area contributed by atoms with E-state index in [2.05, 4.69) is 0 Å². The van der Waals surface area contributed by atoms with E-state index in [0.717, 1.165) is 0 Å². The number of rotatable bonds is 0. The topological polar surface area (TPSA) is 40.5 Å². The van der Waals surface area contributed by atoms with Crippen LogP contribution in [0.2, 0.25) is 0 Å². The summed E-state index contributed by atoms with van der Waals surface area (Å²) < 4.78 is 0. The molecule has 0 amide bonds. The third-order valence-electron chi connectivity index (χ3n) is 0. The van der Waals surface area contributed by atoms with Crippen molar-refractivity contribution in [2.24, 2.45) is 0 Å². The van der Waals surface area contributed by atoms with E-state index in [1.165, 1.54) is 0 Å². The Hall–Kier alpha value is 0.310. The second-order valence-corrected chi connectivity index (χ2v) is 0.115. The normalized spacial score (nSPS) is 4.50. The van der Waals surface area contributed by atoms with E-state index in [1.807, 2.05) is 0 Å². The molecular formula is CH3AmO2-. The van der Waals surface area contributed by atoms with Crippen LogP contribution in [0.15, 0.2) is 0 Å². The summed E-state index contributed by atoms with van der Waals surface area (Å²) in [5.41, 5.74) is 0. The van der Waals surface area contributed by atoms with Crippen molar-refractivity contribution in [1.82, 2.24) is 0 Å². The molecule has 0 bridgehead atoms. The second-order valence-electron chi connectivity index (χ2n) is 0.115. The molecule has 3 heteroatoms. The quantitative estimate of drug-likeness (QED) is 0.609. The maximum atomic E-state index is 7.00. The molecule has 0 aromatic heterocycles. The van der Waals surface area contributed by atoms with Crippen molar-refractivity contribution < 1.29 is 24.5 Å². The number of hydrogen-bond acceptors (Lipinski definition) is 2. The van der Waals surface area contributed by atoms with Crippen LogP contribution >= 0.6 is 0 Å². The summed E-state index contributed by atoms with van der Waals surface area (Å²) in [5.74, 6) is 0. The molecule has 0 fully saturated rings. The summed E-state index contributed by atoms with van der Waals surface area (Å²) >= 11 is 0. The van der Waals surface area contributed by atoms with Gasteiger partial charge >= 0.3 is 0 Å². The Morgan fingerprint density at radius 3 is 1.25 bits per heavy atom. The monoisotopic (exact) mass is 288 g/mol. The average Bonchev–Trinajstić information content (AvgIpc) is 0.918. The van der Waals surface area contributed by atoms with Crippen molar-refractivity contribution >= 4 is 0 Å². The first-order valence-electron chi connectivity index (χ1n) is 0.516. The molecule has 2 nitrogen and oxygen atoms in total. The van der Waals surface area contributed by atoms with E-state index in [1.54, 1.807) is 0 Å². The minimum absolute atomic E-state index is 0. The van der Waals surface area contributed by atoms with Gasteiger partial charge in [-0.25, -0.2) is 0 Å². The van der Waals surface area contributed by atoms with Gasteiger partial charge in [0.15, 0.2) is 0 Å². The van der Waals surface area contributed by atoms with Gasteiger partial charge in [0.1, 0.15) is 0 Å². The molecule has 27 valence electrons. The van der Waals surface area contributed by atoms with Crippen molar-refractivity contribution in [2.45, 2.75) is 0 Å². The Bertz CT molecular complexity index is 6.00. The zero-order chi connectivity index (χ0) is 2.71. The molecule has 0 spiro atoms. The van der Waals surface area contributed by atoms with Gasteiger partial charge < -0.3 is 10.2 Å². The molecule has 1 radical (unpaired) electrons. The summed E-state index contributed by atoms with van der Waals surface area (Å²) in [6, 6.07) is 0. The fraction of sp³-hybridized carbons (Fsp3) is 0. The van der Waals surface area contributed by atoms with Crippen LogP contribution in [0.25, 0.3) is 0 Å². The number of aliphatic hydroxyl groups excluding tert-OH is 1. The first kappa shape index (κ1) is 8.85. The van der Waals surface area contributed by atoms with Gasteiger partial charge in [0.05, 0.1) is 0 Å². The molecule has 0 atom stereocenters. The molecule has 0 aromatic carbocycles. The second kappa shape index (κ2) is 10.3. The summed E-state index contributed by atoms with van der Waals surface area (Å²) in [6.07, 6.45) is 0. The maximum absolute atomic E-state index is 7.00. The Kier molecular flexibility index (Phi) is 22.8.